The Bertz CT molecular complexity index is 516. The first kappa shape index (κ1) is 13.1. The summed E-state index contributed by atoms with van der Waals surface area (Å²) in [6.45, 7) is 0. The highest BCUT2D eigenvalue weighted by Gasteiger charge is 2.11. The summed E-state index contributed by atoms with van der Waals surface area (Å²) < 4.78 is 6.26. The fourth-order valence-corrected chi connectivity index (χ4v) is 2.18. The minimum Gasteiger partial charge on any atom is -0.497 e. The second-order valence-electron chi connectivity index (χ2n) is 4.02. The summed E-state index contributed by atoms with van der Waals surface area (Å²) in [4.78, 5) is 4.28. The predicted octanol–water partition coefficient (Wildman–Crippen LogP) is 3.10. The molecule has 18 heavy (non-hydrogen) atoms. The summed E-state index contributed by atoms with van der Waals surface area (Å²) >= 11 is 3.53. The third-order valence-electron chi connectivity index (χ3n) is 2.76. The number of nitrogens with zero attached hydrogens (tertiary/aromatic N) is 1. The molecule has 0 saturated carbocycles. The summed E-state index contributed by atoms with van der Waals surface area (Å²) in [6.07, 6.45) is 2.48. The SMILES string of the molecule is COc1ccc(Br)c(CC(N)c2ccccn2)c1. The Balaban J connectivity index is 2.18. The highest BCUT2D eigenvalue weighted by molar-refractivity contribution is 9.10. The van der Waals surface area contributed by atoms with Crippen LogP contribution in [0.2, 0.25) is 0 Å². The number of rotatable bonds is 4. The molecule has 94 valence electrons. The topological polar surface area (TPSA) is 48.1 Å². The van der Waals surface area contributed by atoms with Crippen LogP contribution in [0.4, 0.5) is 0 Å². The molecule has 1 aromatic carbocycles. The number of nitrogens with two attached hydrogens (primary N) is 1. The van der Waals surface area contributed by atoms with E-state index < -0.39 is 0 Å². The lowest BCUT2D eigenvalue weighted by atomic mass is 10.0. The molecule has 1 aromatic heterocycles. The van der Waals surface area contributed by atoms with E-state index in [9.17, 15) is 0 Å². The van der Waals surface area contributed by atoms with E-state index in [-0.39, 0.29) is 6.04 Å². The van der Waals surface area contributed by atoms with E-state index >= 15 is 0 Å². The average molecular weight is 307 g/mol. The van der Waals surface area contributed by atoms with Crippen molar-refractivity contribution >= 4 is 15.9 Å². The molecule has 2 rings (SSSR count). The Kier molecular flexibility index (Phi) is 4.33. The first-order valence-electron chi connectivity index (χ1n) is 5.69. The molecule has 2 aromatic rings. The fourth-order valence-electron chi connectivity index (χ4n) is 1.77. The van der Waals surface area contributed by atoms with Gasteiger partial charge in [-0.1, -0.05) is 22.0 Å². The number of halogens is 1. The van der Waals surface area contributed by atoms with Crippen LogP contribution in [0.5, 0.6) is 5.75 Å². The molecule has 1 atom stereocenters. The summed E-state index contributed by atoms with van der Waals surface area (Å²) in [5, 5.41) is 0. The predicted molar refractivity (Wildman–Crippen MR) is 75.6 cm³/mol. The standard InChI is InChI=1S/C14H15BrN2O/c1-18-11-5-6-12(15)10(8-11)9-13(16)14-4-2-3-7-17-14/h2-8,13H,9,16H2,1H3. The van der Waals surface area contributed by atoms with E-state index in [2.05, 4.69) is 20.9 Å². The monoisotopic (exact) mass is 306 g/mol. The van der Waals surface area contributed by atoms with Gasteiger partial charge in [0.15, 0.2) is 0 Å². The van der Waals surface area contributed by atoms with Crippen LogP contribution in [0.1, 0.15) is 17.3 Å². The zero-order valence-corrected chi connectivity index (χ0v) is 11.7. The molecule has 0 bridgehead atoms. The number of hydrogen-bond donors (Lipinski definition) is 1. The van der Waals surface area contributed by atoms with E-state index in [0.717, 1.165) is 27.9 Å². The molecular weight excluding hydrogens is 292 g/mol. The fraction of sp³-hybridized carbons (Fsp3) is 0.214. The van der Waals surface area contributed by atoms with Gasteiger partial charge in [0.2, 0.25) is 0 Å². The van der Waals surface area contributed by atoms with E-state index in [4.69, 9.17) is 10.5 Å². The molecule has 1 unspecified atom stereocenters. The van der Waals surface area contributed by atoms with Crippen LogP contribution in [-0.4, -0.2) is 12.1 Å². The first-order valence-corrected chi connectivity index (χ1v) is 6.49. The minimum absolute atomic E-state index is 0.116. The number of aromatic nitrogens is 1. The Labute approximate surface area is 115 Å². The van der Waals surface area contributed by atoms with Crippen LogP contribution in [-0.2, 0) is 6.42 Å². The van der Waals surface area contributed by atoms with Crippen molar-refractivity contribution in [1.29, 1.82) is 0 Å². The maximum absolute atomic E-state index is 6.16. The number of methoxy groups -OCH3 is 1. The summed E-state index contributed by atoms with van der Waals surface area (Å²) in [5.41, 5.74) is 8.18. The Morgan fingerprint density at radius 3 is 2.83 bits per heavy atom. The van der Waals surface area contributed by atoms with Gasteiger partial charge in [-0.25, -0.2) is 0 Å². The van der Waals surface area contributed by atoms with Crippen LogP contribution in [0.25, 0.3) is 0 Å². The zero-order chi connectivity index (χ0) is 13.0. The van der Waals surface area contributed by atoms with E-state index in [1.54, 1.807) is 13.3 Å². The van der Waals surface area contributed by atoms with Crippen LogP contribution in [0.15, 0.2) is 47.1 Å². The minimum atomic E-state index is -0.116. The third-order valence-corrected chi connectivity index (χ3v) is 3.53. The van der Waals surface area contributed by atoms with Crippen LogP contribution < -0.4 is 10.5 Å². The van der Waals surface area contributed by atoms with Crippen molar-refractivity contribution in [3.05, 3.63) is 58.3 Å². The molecule has 0 saturated heterocycles. The molecule has 4 heteroatoms. The Hall–Kier alpha value is -1.39. The summed E-state index contributed by atoms with van der Waals surface area (Å²) in [5.74, 6) is 0.835. The van der Waals surface area contributed by atoms with Crippen LogP contribution in [0, 0.1) is 0 Å². The lowest BCUT2D eigenvalue weighted by molar-refractivity contribution is 0.414. The molecule has 0 aliphatic heterocycles. The van der Waals surface area contributed by atoms with Crippen molar-refractivity contribution in [3.63, 3.8) is 0 Å². The van der Waals surface area contributed by atoms with Gasteiger partial charge in [-0.3, -0.25) is 4.98 Å². The van der Waals surface area contributed by atoms with Crippen molar-refractivity contribution < 1.29 is 4.74 Å². The van der Waals surface area contributed by atoms with Crippen LogP contribution >= 0.6 is 15.9 Å². The molecule has 0 fully saturated rings. The van der Waals surface area contributed by atoms with Gasteiger partial charge in [0.1, 0.15) is 5.75 Å². The quantitative estimate of drug-likeness (QED) is 0.944. The summed E-state index contributed by atoms with van der Waals surface area (Å²) in [7, 11) is 1.66. The zero-order valence-electron chi connectivity index (χ0n) is 10.1. The van der Waals surface area contributed by atoms with Gasteiger partial charge >= 0.3 is 0 Å². The largest absolute Gasteiger partial charge is 0.497 e. The molecule has 0 aliphatic rings. The van der Waals surface area contributed by atoms with Gasteiger partial charge in [0, 0.05) is 10.7 Å². The average Bonchev–Trinajstić information content (AvgIpc) is 2.42. The van der Waals surface area contributed by atoms with Gasteiger partial charge in [-0.15, -0.1) is 0 Å². The second-order valence-corrected chi connectivity index (χ2v) is 4.88. The molecule has 1 heterocycles. The van der Waals surface area contributed by atoms with Crippen molar-refractivity contribution in [2.75, 3.05) is 7.11 Å². The number of hydrogen-bond acceptors (Lipinski definition) is 3. The smallest absolute Gasteiger partial charge is 0.119 e. The third kappa shape index (κ3) is 3.09. The van der Waals surface area contributed by atoms with Crippen molar-refractivity contribution in [2.24, 2.45) is 5.73 Å². The number of pyridine rings is 1. The lowest BCUT2D eigenvalue weighted by Gasteiger charge is -2.13. The van der Waals surface area contributed by atoms with E-state index in [1.165, 1.54) is 0 Å². The molecular formula is C14H15BrN2O. The van der Waals surface area contributed by atoms with Gasteiger partial charge in [-0.2, -0.15) is 0 Å². The van der Waals surface area contributed by atoms with E-state index in [1.807, 2.05) is 36.4 Å². The van der Waals surface area contributed by atoms with Gasteiger partial charge in [-0.05, 0) is 42.3 Å². The Morgan fingerprint density at radius 2 is 2.17 bits per heavy atom. The van der Waals surface area contributed by atoms with Crippen LogP contribution in [0.3, 0.4) is 0 Å². The molecule has 0 spiro atoms. The normalized spacial score (nSPS) is 12.2. The second kappa shape index (κ2) is 5.98. The molecule has 0 radical (unpaired) electrons. The highest BCUT2D eigenvalue weighted by Crippen LogP contribution is 2.25. The molecule has 0 aliphatic carbocycles. The highest BCUT2D eigenvalue weighted by atomic mass is 79.9. The summed E-state index contributed by atoms with van der Waals surface area (Å²) in [6, 6.07) is 11.5. The van der Waals surface area contributed by atoms with Crippen molar-refractivity contribution in [1.82, 2.24) is 4.98 Å². The maximum atomic E-state index is 6.16. The van der Waals surface area contributed by atoms with Gasteiger partial charge < -0.3 is 10.5 Å². The molecule has 2 N–H and O–H groups in total. The first-order chi connectivity index (χ1) is 8.70. The number of ether oxygens (including phenoxy) is 1. The van der Waals surface area contributed by atoms with Gasteiger partial charge in [0.05, 0.1) is 18.8 Å². The Morgan fingerprint density at radius 1 is 1.33 bits per heavy atom. The van der Waals surface area contributed by atoms with Crippen molar-refractivity contribution in [3.8, 4) is 5.75 Å². The molecule has 0 amide bonds. The van der Waals surface area contributed by atoms with E-state index in [0.29, 0.717) is 0 Å². The maximum Gasteiger partial charge on any atom is 0.119 e. The lowest BCUT2D eigenvalue weighted by Crippen LogP contribution is -2.15. The number of benzene rings is 1. The van der Waals surface area contributed by atoms with Crippen molar-refractivity contribution in [2.45, 2.75) is 12.5 Å². The van der Waals surface area contributed by atoms with Gasteiger partial charge in [0.25, 0.3) is 0 Å². The molecule has 3 nitrogen and oxygen atoms in total.